The van der Waals surface area contributed by atoms with Gasteiger partial charge in [0.25, 0.3) is 5.91 Å². The zero-order valence-electron chi connectivity index (χ0n) is 13.5. The second-order valence-electron chi connectivity index (χ2n) is 5.13. The van der Waals surface area contributed by atoms with E-state index in [2.05, 4.69) is 11.9 Å². The highest BCUT2D eigenvalue weighted by molar-refractivity contribution is 6.09. The third-order valence-electron chi connectivity index (χ3n) is 3.22. The molecule has 0 aliphatic heterocycles. The summed E-state index contributed by atoms with van der Waals surface area (Å²) in [6.45, 7) is 5.89. The Hall–Kier alpha value is -3.32. The number of nitrogens with zero attached hydrogens (tertiary/aromatic N) is 1. The number of carbonyl (C=O) groups is 1. The van der Waals surface area contributed by atoms with Crippen LogP contribution in [0.4, 0.5) is 5.69 Å². The molecule has 0 fully saturated rings. The summed E-state index contributed by atoms with van der Waals surface area (Å²) in [7, 11) is 0. The molecule has 2 aromatic carbocycles. The molecule has 0 heterocycles. The Morgan fingerprint density at radius 3 is 2.79 bits per heavy atom. The lowest BCUT2D eigenvalue weighted by Crippen LogP contribution is -2.13. The molecule has 4 nitrogen and oxygen atoms in total. The molecule has 2 aromatic rings. The smallest absolute Gasteiger partial charge is 0.266 e. The standard InChI is InChI=1S/C20H18N2O2/c1-3-11-24-19-10-5-4-8-16(19)13-17(14-21)20(23)22-18-9-6-7-15(2)12-18/h3-10,12-13H,1,11H2,2H3,(H,22,23)/b17-13+. The number of aryl methyl sites for hydroxylation is 1. The summed E-state index contributed by atoms with van der Waals surface area (Å²) in [4.78, 5) is 12.3. The molecular formula is C20H18N2O2. The molecule has 1 amide bonds. The molecule has 0 bridgehead atoms. The van der Waals surface area contributed by atoms with Gasteiger partial charge in [0, 0.05) is 11.3 Å². The van der Waals surface area contributed by atoms with E-state index >= 15 is 0 Å². The first-order valence-electron chi connectivity index (χ1n) is 7.46. The third kappa shape index (κ3) is 4.59. The van der Waals surface area contributed by atoms with Gasteiger partial charge in [-0.05, 0) is 36.8 Å². The third-order valence-corrected chi connectivity index (χ3v) is 3.22. The van der Waals surface area contributed by atoms with Crippen LogP contribution in [0.1, 0.15) is 11.1 Å². The van der Waals surface area contributed by atoms with E-state index in [0.29, 0.717) is 23.6 Å². The van der Waals surface area contributed by atoms with Crippen molar-refractivity contribution in [1.29, 1.82) is 5.26 Å². The minimum atomic E-state index is -0.457. The molecule has 0 radical (unpaired) electrons. The highest BCUT2D eigenvalue weighted by Gasteiger charge is 2.11. The summed E-state index contributed by atoms with van der Waals surface area (Å²) in [5.41, 5.74) is 2.34. The number of amides is 1. The molecule has 24 heavy (non-hydrogen) atoms. The Bertz CT molecular complexity index is 816. The summed E-state index contributed by atoms with van der Waals surface area (Å²) in [5, 5.41) is 12.1. The molecule has 0 saturated heterocycles. The number of anilines is 1. The number of ether oxygens (including phenoxy) is 1. The topological polar surface area (TPSA) is 62.1 Å². The van der Waals surface area contributed by atoms with Crippen molar-refractivity contribution >= 4 is 17.7 Å². The van der Waals surface area contributed by atoms with E-state index in [4.69, 9.17) is 4.74 Å². The first-order chi connectivity index (χ1) is 11.6. The number of rotatable bonds is 6. The minimum absolute atomic E-state index is 0.00570. The van der Waals surface area contributed by atoms with Gasteiger partial charge in [-0.25, -0.2) is 0 Å². The Morgan fingerprint density at radius 2 is 2.08 bits per heavy atom. The predicted molar refractivity (Wildman–Crippen MR) is 95.5 cm³/mol. The molecule has 0 aliphatic carbocycles. The van der Waals surface area contributed by atoms with E-state index < -0.39 is 5.91 Å². The number of benzene rings is 2. The normalized spacial score (nSPS) is 10.6. The van der Waals surface area contributed by atoms with Gasteiger partial charge < -0.3 is 10.1 Å². The molecule has 1 N–H and O–H groups in total. The molecule has 0 unspecified atom stereocenters. The van der Waals surface area contributed by atoms with Gasteiger partial charge in [-0.3, -0.25) is 4.79 Å². The van der Waals surface area contributed by atoms with Crippen molar-refractivity contribution < 1.29 is 9.53 Å². The lowest BCUT2D eigenvalue weighted by molar-refractivity contribution is -0.112. The van der Waals surface area contributed by atoms with Gasteiger partial charge >= 0.3 is 0 Å². The number of hydrogen-bond acceptors (Lipinski definition) is 3. The zero-order valence-corrected chi connectivity index (χ0v) is 13.5. The van der Waals surface area contributed by atoms with E-state index in [0.717, 1.165) is 5.56 Å². The van der Waals surface area contributed by atoms with Crippen molar-refractivity contribution in [2.45, 2.75) is 6.92 Å². The molecule has 0 atom stereocenters. The van der Waals surface area contributed by atoms with Crippen LogP contribution in [-0.4, -0.2) is 12.5 Å². The average molecular weight is 318 g/mol. The average Bonchev–Trinajstić information content (AvgIpc) is 2.58. The second kappa shape index (κ2) is 8.35. The van der Waals surface area contributed by atoms with Crippen LogP contribution in [0.2, 0.25) is 0 Å². The van der Waals surface area contributed by atoms with E-state index in [1.54, 1.807) is 24.3 Å². The SMILES string of the molecule is C=CCOc1ccccc1/C=C(\C#N)C(=O)Nc1cccc(C)c1. The summed E-state index contributed by atoms with van der Waals surface area (Å²) in [5.74, 6) is 0.134. The fourth-order valence-electron chi connectivity index (χ4n) is 2.11. The Kier molecular flexibility index (Phi) is 5.93. The quantitative estimate of drug-likeness (QED) is 0.495. The maximum Gasteiger partial charge on any atom is 0.266 e. The van der Waals surface area contributed by atoms with E-state index in [1.807, 2.05) is 43.3 Å². The molecule has 0 aromatic heterocycles. The number of nitrogens with one attached hydrogen (secondary N) is 1. The summed E-state index contributed by atoms with van der Waals surface area (Å²) >= 11 is 0. The fourth-order valence-corrected chi connectivity index (χ4v) is 2.11. The molecule has 4 heteroatoms. The second-order valence-corrected chi connectivity index (χ2v) is 5.13. The molecule has 2 rings (SSSR count). The highest BCUT2D eigenvalue weighted by atomic mass is 16.5. The van der Waals surface area contributed by atoms with Crippen LogP contribution in [0.25, 0.3) is 6.08 Å². The predicted octanol–water partition coefficient (Wildman–Crippen LogP) is 4.11. The van der Waals surface area contributed by atoms with Gasteiger partial charge in [-0.2, -0.15) is 5.26 Å². The lowest BCUT2D eigenvalue weighted by Gasteiger charge is -2.08. The largest absolute Gasteiger partial charge is 0.489 e. The Morgan fingerprint density at radius 1 is 1.29 bits per heavy atom. The monoisotopic (exact) mass is 318 g/mol. The maximum atomic E-state index is 12.3. The minimum Gasteiger partial charge on any atom is -0.489 e. The van der Waals surface area contributed by atoms with Crippen LogP contribution in [0, 0.1) is 18.3 Å². The maximum absolute atomic E-state index is 12.3. The van der Waals surface area contributed by atoms with Crippen molar-refractivity contribution in [1.82, 2.24) is 0 Å². The summed E-state index contributed by atoms with van der Waals surface area (Å²) < 4.78 is 5.54. The molecule has 0 saturated carbocycles. The van der Waals surface area contributed by atoms with Crippen LogP contribution in [0.5, 0.6) is 5.75 Å². The molecule has 120 valence electrons. The first-order valence-corrected chi connectivity index (χ1v) is 7.46. The van der Waals surface area contributed by atoms with Crippen molar-refractivity contribution in [3.63, 3.8) is 0 Å². The van der Waals surface area contributed by atoms with Gasteiger partial charge in [0.1, 0.15) is 24.0 Å². The number of hydrogen-bond donors (Lipinski definition) is 1. The van der Waals surface area contributed by atoms with Gasteiger partial charge in [0.05, 0.1) is 0 Å². The van der Waals surface area contributed by atoms with Gasteiger partial charge in [-0.15, -0.1) is 0 Å². The van der Waals surface area contributed by atoms with Crippen LogP contribution in [0.3, 0.4) is 0 Å². The van der Waals surface area contributed by atoms with Crippen LogP contribution < -0.4 is 10.1 Å². The lowest BCUT2D eigenvalue weighted by atomic mass is 10.1. The van der Waals surface area contributed by atoms with Crippen molar-refractivity contribution in [3.05, 3.63) is 77.9 Å². The fraction of sp³-hybridized carbons (Fsp3) is 0.100. The van der Waals surface area contributed by atoms with Crippen LogP contribution >= 0.6 is 0 Å². The Labute approximate surface area is 141 Å². The summed E-state index contributed by atoms with van der Waals surface area (Å²) in [6.07, 6.45) is 3.15. The van der Waals surface area contributed by atoms with Crippen molar-refractivity contribution in [2.24, 2.45) is 0 Å². The number of nitriles is 1. The van der Waals surface area contributed by atoms with Gasteiger partial charge in [0.2, 0.25) is 0 Å². The van der Waals surface area contributed by atoms with Crippen molar-refractivity contribution in [3.8, 4) is 11.8 Å². The van der Waals surface area contributed by atoms with E-state index in [1.165, 1.54) is 6.08 Å². The summed E-state index contributed by atoms with van der Waals surface area (Å²) in [6, 6.07) is 16.6. The van der Waals surface area contributed by atoms with Crippen LogP contribution in [0.15, 0.2) is 66.8 Å². The molecule has 0 aliphatic rings. The molecule has 0 spiro atoms. The zero-order chi connectivity index (χ0) is 17.4. The van der Waals surface area contributed by atoms with E-state index in [9.17, 15) is 10.1 Å². The van der Waals surface area contributed by atoms with Gasteiger partial charge in [-0.1, -0.05) is 43.0 Å². The molecular weight excluding hydrogens is 300 g/mol. The Balaban J connectivity index is 2.24. The number of para-hydroxylation sites is 1. The highest BCUT2D eigenvalue weighted by Crippen LogP contribution is 2.21. The van der Waals surface area contributed by atoms with Crippen molar-refractivity contribution in [2.75, 3.05) is 11.9 Å². The van der Waals surface area contributed by atoms with Crippen LogP contribution in [-0.2, 0) is 4.79 Å². The number of carbonyl (C=O) groups excluding carboxylic acids is 1. The first kappa shape index (κ1) is 17.0. The van der Waals surface area contributed by atoms with E-state index in [-0.39, 0.29) is 5.57 Å². The van der Waals surface area contributed by atoms with Gasteiger partial charge in [0.15, 0.2) is 0 Å².